The zero-order chi connectivity index (χ0) is 20.9. The summed E-state index contributed by atoms with van der Waals surface area (Å²) in [5.74, 6) is -0.547. The molecule has 0 saturated carbocycles. The van der Waals surface area contributed by atoms with Crippen LogP contribution in [0.2, 0.25) is 0 Å². The Bertz CT molecular complexity index is 1090. The Labute approximate surface area is 169 Å². The number of carbonyl (C=O) groups excluding carboxylic acids is 2. The van der Waals surface area contributed by atoms with Crippen LogP contribution in [0.25, 0.3) is 10.9 Å². The molecule has 0 aliphatic rings. The second kappa shape index (κ2) is 9.02. The molecular weight excluding hydrogens is 390 g/mol. The molecule has 0 spiro atoms. The first kappa shape index (κ1) is 20.8. The second-order valence-corrected chi connectivity index (χ2v) is 8.73. The molecule has 3 rings (SSSR count). The molecule has 0 aliphatic heterocycles. The maximum Gasteiger partial charge on any atom is 0.239 e. The highest BCUT2D eigenvalue weighted by Crippen LogP contribution is 2.19. The number of benzene rings is 2. The third-order valence-corrected chi connectivity index (χ3v) is 5.27. The lowest BCUT2D eigenvalue weighted by atomic mass is 10.0. The van der Waals surface area contributed by atoms with E-state index in [1.165, 1.54) is 0 Å². The van der Waals surface area contributed by atoms with Gasteiger partial charge in [-0.15, -0.1) is 0 Å². The van der Waals surface area contributed by atoms with Gasteiger partial charge >= 0.3 is 0 Å². The Morgan fingerprint density at radius 3 is 2.45 bits per heavy atom. The number of fused-ring (bicyclic) bond motifs is 1. The van der Waals surface area contributed by atoms with Crippen molar-refractivity contribution in [2.45, 2.75) is 24.9 Å². The SMILES string of the molecule is CS(=O)(=O)N[C@H](Cc1c[nH]c2ccccc12)C(=O)N[C@H](C=O)Cc1ccccc1. The number of sulfonamides is 1. The Hall–Kier alpha value is -2.97. The number of para-hydroxylation sites is 1. The van der Waals surface area contributed by atoms with Gasteiger partial charge in [0, 0.05) is 17.1 Å². The lowest BCUT2D eigenvalue weighted by Gasteiger charge is -2.20. The molecule has 2 aromatic carbocycles. The highest BCUT2D eigenvalue weighted by atomic mass is 32.2. The van der Waals surface area contributed by atoms with Crippen LogP contribution < -0.4 is 10.0 Å². The van der Waals surface area contributed by atoms with Gasteiger partial charge in [0.25, 0.3) is 0 Å². The van der Waals surface area contributed by atoms with Crippen LogP contribution in [-0.2, 0) is 32.5 Å². The summed E-state index contributed by atoms with van der Waals surface area (Å²) in [5.41, 5.74) is 2.60. The zero-order valence-electron chi connectivity index (χ0n) is 16.0. The van der Waals surface area contributed by atoms with Gasteiger partial charge in [-0.3, -0.25) is 4.79 Å². The first-order chi connectivity index (χ1) is 13.9. The van der Waals surface area contributed by atoms with E-state index in [0.29, 0.717) is 12.7 Å². The fourth-order valence-corrected chi connectivity index (χ4v) is 3.96. The van der Waals surface area contributed by atoms with Crippen LogP contribution in [0.1, 0.15) is 11.1 Å². The van der Waals surface area contributed by atoms with E-state index in [1.807, 2.05) is 54.6 Å². The summed E-state index contributed by atoms with van der Waals surface area (Å²) in [5, 5.41) is 3.57. The summed E-state index contributed by atoms with van der Waals surface area (Å²) in [7, 11) is -3.64. The normalized spacial score (nSPS) is 13.7. The minimum absolute atomic E-state index is 0.153. The average molecular weight is 413 g/mol. The average Bonchev–Trinajstić information content (AvgIpc) is 3.09. The summed E-state index contributed by atoms with van der Waals surface area (Å²) in [4.78, 5) is 27.4. The van der Waals surface area contributed by atoms with E-state index in [0.717, 1.165) is 28.3 Å². The van der Waals surface area contributed by atoms with Crippen molar-refractivity contribution in [2.24, 2.45) is 0 Å². The molecule has 8 heteroatoms. The number of H-pyrrole nitrogens is 1. The molecule has 7 nitrogen and oxygen atoms in total. The minimum atomic E-state index is -3.64. The van der Waals surface area contributed by atoms with E-state index in [4.69, 9.17) is 0 Å². The summed E-state index contributed by atoms with van der Waals surface area (Å²) in [6.07, 6.45) is 3.91. The van der Waals surface area contributed by atoms with E-state index in [2.05, 4.69) is 15.0 Å². The Morgan fingerprint density at radius 2 is 1.76 bits per heavy atom. The summed E-state index contributed by atoms with van der Waals surface area (Å²) in [6.45, 7) is 0. The maximum atomic E-state index is 12.8. The maximum absolute atomic E-state index is 12.8. The summed E-state index contributed by atoms with van der Waals surface area (Å²) < 4.78 is 26.0. The number of aromatic amines is 1. The fourth-order valence-electron chi connectivity index (χ4n) is 3.25. The van der Waals surface area contributed by atoms with Crippen molar-refractivity contribution in [3.63, 3.8) is 0 Å². The molecule has 0 fully saturated rings. The van der Waals surface area contributed by atoms with Crippen LogP contribution in [0, 0.1) is 0 Å². The quantitative estimate of drug-likeness (QED) is 0.463. The molecule has 0 radical (unpaired) electrons. The molecule has 0 saturated heterocycles. The number of rotatable bonds is 9. The van der Waals surface area contributed by atoms with Crippen molar-refractivity contribution >= 4 is 33.1 Å². The Balaban J connectivity index is 1.78. The van der Waals surface area contributed by atoms with Gasteiger partial charge in [0.2, 0.25) is 15.9 Å². The van der Waals surface area contributed by atoms with Crippen LogP contribution in [0.5, 0.6) is 0 Å². The molecule has 152 valence electrons. The van der Waals surface area contributed by atoms with Gasteiger partial charge in [0.15, 0.2) is 0 Å². The molecule has 3 aromatic rings. The highest BCUT2D eigenvalue weighted by molar-refractivity contribution is 7.88. The van der Waals surface area contributed by atoms with Crippen LogP contribution in [-0.4, -0.2) is 43.9 Å². The number of amides is 1. The van der Waals surface area contributed by atoms with Crippen molar-refractivity contribution in [2.75, 3.05) is 6.26 Å². The lowest BCUT2D eigenvalue weighted by Crippen LogP contribution is -2.51. The molecule has 0 unspecified atom stereocenters. The monoisotopic (exact) mass is 413 g/mol. The molecule has 1 heterocycles. The molecule has 0 bridgehead atoms. The van der Waals surface area contributed by atoms with E-state index in [1.54, 1.807) is 6.20 Å². The summed E-state index contributed by atoms with van der Waals surface area (Å²) >= 11 is 0. The number of nitrogens with one attached hydrogen (secondary N) is 3. The third-order valence-electron chi connectivity index (χ3n) is 4.56. The molecular formula is C21H23N3O4S. The molecule has 1 aromatic heterocycles. The van der Waals surface area contributed by atoms with Gasteiger partial charge in [-0.05, 0) is 30.0 Å². The highest BCUT2D eigenvalue weighted by Gasteiger charge is 2.25. The van der Waals surface area contributed by atoms with Gasteiger partial charge in [0.05, 0.1) is 12.3 Å². The first-order valence-electron chi connectivity index (χ1n) is 9.17. The topological polar surface area (TPSA) is 108 Å². The van der Waals surface area contributed by atoms with Crippen molar-refractivity contribution in [1.29, 1.82) is 0 Å². The molecule has 29 heavy (non-hydrogen) atoms. The summed E-state index contributed by atoms with van der Waals surface area (Å²) in [6, 6.07) is 15.1. The zero-order valence-corrected chi connectivity index (χ0v) is 16.8. The number of aldehydes is 1. The van der Waals surface area contributed by atoms with Gasteiger partial charge in [-0.1, -0.05) is 48.5 Å². The van der Waals surface area contributed by atoms with Crippen molar-refractivity contribution < 1.29 is 18.0 Å². The van der Waals surface area contributed by atoms with Gasteiger partial charge in [-0.2, -0.15) is 0 Å². The van der Waals surface area contributed by atoms with Crippen molar-refractivity contribution in [3.8, 4) is 0 Å². The van der Waals surface area contributed by atoms with E-state index in [-0.39, 0.29) is 6.42 Å². The minimum Gasteiger partial charge on any atom is -0.361 e. The number of hydrogen-bond donors (Lipinski definition) is 3. The second-order valence-electron chi connectivity index (χ2n) is 6.95. The van der Waals surface area contributed by atoms with Crippen LogP contribution >= 0.6 is 0 Å². The first-order valence-corrected chi connectivity index (χ1v) is 11.1. The van der Waals surface area contributed by atoms with E-state index in [9.17, 15) is 18.0 Å². The molecule has 3 N–H and O–H groups in total. The van der Waals surface area contributed by atoms with Gasteiger partial charge in [0.1, 0.15) is 12.3 Å². The third kappa shape index (κ3) is 5.75. The molecule has 1 amide bonds. The molecule has 2 atom stereocenters. The van der Waals surface area contributed by atoms with Crippen LogP contribution in [0.3, 0.4) is 0 Å². The molecule has 0 aliphatic carbocycles. The lowest BCUT2D eigenvalue weighted by molar-refractivity contribution is -0.125. The van der Waals surface area contributed by atoms with Gasteiger partial charge < -0.3 is 15.1 Å². The predicted molar refractivity (Wildman–Crippen MR) is 112 cm³/mol. The van der Waals surface area contributed by atoms with E-state index < -0.39 is 28.0 Å². The van der Waals surface area contributed by atoms with Crippen molar-refractivity contribution in [1.82, 2.24) is 15.0 Å². The van der Waals surface area contributed by atoms with Crippen LogP contribution in [0.4, 0.5) is 0 Å². The predicted octanol–water partition coefficient (Wildman–Crippen LogP) is 1.55. The number of aromatic nitrogens is 1. The standard InChI is InChI=1S/C21H23N3O4S/c1-29(27,28)24-20(12-16-13-22-19-10-6-5-9-18(16)19)21(26)23-17(14-25)11-15-7-3-2-4-8-15/h2-10,13-14,17,20,22,24H,11-12H2,1H3,(H,23,26)/t17-,20+/m0/s1. The number of carbonyl (C=O) groups is 2. The van der Waals surface area contributed by atoms with Gasteiger partial charge in [-0.25, -0.2) is 13.1 Å². The van der Waals surface area contributed by atoms with Crippen molar-refractivity contribution in [3.05, 3.63) is 71.9 Å². The smallest absolute Gasteiger partial charge is 0.239 e. The Morgan fingerprint density at radius 1 is 1.07 bits per heavy atom. The fraction of sp³-hybridized carbons (Fsp3) is 0.238. The van der Waals surface area contributed by atoms with Crippen LogP contribution in [0.15, 0.2) is 60.8 Å². The van der Waals surface area contributed by atoms with E-state index >= 15 is 0 Å². The Kier molecular flexibility index (Phi) is 6.46. The largest absolute Gasteiger partial charge is 0.361 e. The number of hydrogen-bond acceptors (Lipinski definition) is 4.